The summed E-state index contributed by atoms with van der Waals surface area (Å²) in [6.45, 7) is 5.15. The monoisotopic (exact) mass is 473 g/mol. The minimum atomic E-state index is -1.42. The van der Waals surface area contributed by atoms with Gasteiger partial charge in [-0.05, 0) is 72.2 Å². The van der Waals surface area contributed by atoms with Gasteiger partial charge in [0.1, 0.15) is 12.0 Å². The number of carbonyl (C=O) groups is 1. The molecule has 0 unspecified atom stereocenters. The number of carbonyl (C=O) groups excluding carboxylic acids is 1. The summed E-state index contributed by atoms with van der Waals surface area (Å²) >= 11 is 0. The first-order valence-electron chi connectivity index (χ1n) is 11.8. The van der Waals surface area contributed by atoms with Gasteiger partial charge >= 0.3 is 5.97 Å². The van der Waals surface area contributed by atoms with E-state index >= 15 is 4.39 Å². The van der Waals surface area contributed by atoms with E-state index in [1.165, 1.54) is 19.1 Å². The smallest absolute Gasteiger partial charge is 0.303 e. The van der Waals surface area contributed by atoms with E-state index in [-0.39, 0.29) is 18.3 Å². The number of benzene rings is 1. The number of esters is 1. The molecule has 35 heavy (non-hydrogen) atoms. The Hall–Kier alpha value is -3.66. The number of alkyl halides is 1. The van der Waals surface area contributed by atoms with Crippen LogP contribution in [0.3, 0.4) is 0 Å². The molecule has 5 rings (SSSR count). The minimum absolute atomic E-state index is 0.0713. The third-order valence-corrected chi connectivity index (χ3v) is 7.27. The standard InChI is InChI=1S/C28H25F2N3O2/c1-14-6-7-20(25-17(12-31)9-18(29)10-21(14)25)23-13-33-27(19-5-4-8-32-15(19)2)26-22(23)11-24(30)28(26)35-16(3)34/h4-5,8-10,13-14,20,24,28H,6-7,11H2,1-3H3/t14-,20-,24-,28-/m1/s1. The molecule has 2 aliphatic carbocycles. The first-order valence-corrected chi connectivity index (χ1v) is 11.8. The molecule has 0 bridgehead atoms. The molecule has 0 saturated heterocycles. The van der Waals surface area contributed by atoms with E-state index in [1.54, 1.807) is 18.5 Å². The van der Waals surface area contributed by atoms with Crippen LogP contribution in [0.25, 0.3) is 11.3 Å². The molecule has 2 aromatic heterocycles. The number of pyridine rings is 2. The largest absolute Gasteiger partial charge is 0.454 e. The number of aromatic nitrogens is 2. The first kappa shape index (κ1) is 23.1. The fraction of sp³-hybridized carbons (Fsp3) is 0.357. The Morgan fingerprint density at radius 1 is 1.20 bits per heavy atom. The predicted molar refractivity (Wildman–Crippen MR) is 126 cm³/mol. The lowest BCUT2D eigenvalue weighted by Crippen LogP contribution is -2.18. The number of fused-ring (bicyclic) bond motifs is 2. The fourth-order valence-corrected chi connectivity index (χ4v) is 5.71. The van der Waals surface area contributed by atoms with Gasteiger partial charge in [-0.1, -0.05) is 6.92 Å². The van der Waals surface area contributed by atoms with Gasteiger partial charge in [0.05, 0.1) is 17.3 Å². The van der Waals surface area contributed by atoms with Crippen LogP contribution in [0.5, 0.6) is 0 Å². The lowest BCUT2D eigenvalue weighted by molar-refractivity contribution is -0.149. The summed E-state index contributed by atoms with van der Waals surface area (Å²) < 4.78 is 35.2. The van der Waals surface area contributed by atoms with E-state index in [9.17, 15) is 14.4 Å². The number of hydrogen-bond donors (Lipinski definition) is 0. The van der Waals surface area contributed by atoms with Crippen LogP contribution in [0.4, 0.5) is 8.78 Å². The summed E-state index contributed by atoms with van der Waals surface area (Å²) in [6, 6.07) is 8.60. The van der Waals surface area contributed by atoms with Gasteiger partial charge in [0.25, 0.3) is 0 Å². The van der Waals surface area contributed by atoms with E-state index in [1.807, 2.05) is 19.9 Å². The van der Waals surface area contributed by atoms with E-state index < -0.39 is 24.1 Å². The number of ether oxygens (including phenoxy) is 1. The second kappa shape index (κ2) is 8.84. The molecule has 4 atom stereocenters. The number of hydrogen-bond acceptors (Lipinski definition) is 5. The molecule has 3 aromatic rings. The van der Waals surface area contributed by atoms with Crippen LogP contribution >= 0.6 is 0 Å². The van der Waals surface area contributed by atoms with Crippen molar-refractivity contribution in [3.8, 4) is 17.3 Å². The maximum atomic E-state index is 15.4. The van der Waals surface area contributed by atoms with Crippen molar-refractivity contribution in [1.29, 1.82) is 5.26 Å². The molecule has 0 spiro atoms. The van der Waals surface area contributed by atoms with E-state index in [4.69, 9.17) is 9.72 Å². The topological polar surface area (TPSA) is 75.9 Å². The van der Waals surface area contributed by atoms with Gasteiger partial charge in [0.2, 0.25) is 0 Å². The molecule has 1 aromatic carbocycles. The maximum Gasteiger partial charge on any atom is 0.303 e. The third-order valence-electron chi connectivity index (χ3n) is 7.27. The molecule has 0 aliphatic heterocycles. The van der Waals surface area contributed by atoms with Crippen molar-refractivity contribution in [3.63, 3.8) is 0 Å². The Balaban J connectivity index is 1.75. The molecule has 2 heterocycles. The molecule has 0 radical (unpaired) electrons. The Morgan fingerprint density at radius 3 is 2.71 bits per heavy atom. The third kappa shape index (κ3) is 3.87. The first-order chi connectivity index (χ1) is 16.8. The normalized spacial score (nSPS) is 22.7. The number of halogens is 2. The lowest BCUT2D eigenvalue weighted by atomic mass is 9.72. The summed E-state index contributed by atoms with van der Waals surface area (Å²) in [5.41, 5.74) is 6.03. The Kier molecular flexibility index (Phi) is 5.84. The summed E-state index contributed by atoms with van der Waals surface area (Å²) in [6.07, 6.45) is 2.53. The molecule has 7 heteroatoms. The number of nitrogens with zero attached hydrogens (tertiary/aromatic N) is 3. The van der Waals surface area contributed by atoms with Gasteiger partial charge in [-0.15, -0.1) is 0 Å². The van der Waals surface area contributed by atoms with Crippen LogP contribution in [-0.2, 0) is 16.0 Å². The van der Waals surface area contributed by atoms with Gasteiger partial charge in [0, 0.05) is 48.5 Å². The zero-order valence-corrected chi connectivity index (χ0v) is 19.8. The average Bonchev–Trinajstić information content (AvgIpc) is 3.14. The molecule has 0 fully saturated rings. The van der Waals surface area contributed by atoms with Gasteiger partial charge in [-0.3, -0.25) is 14.8 Å². The molecule has 2 aliphatic rings. The van der Waals surface area contributed by atoms with Crippen molar-refractivity contribution >= 4 is 5.97 Å². The SMILES string of the molecule is CC(=O)O[C@H]1c2c(-c3cccnc3C)ncc([C@H]3CC[C@@H](C)c4cc(F)cc(C#N)c43)c2C[C@H]1F. The molecule has 0 amide bonds. The van der Waals surface area contributed by atoms with Crippen LogP contribution in [-0.4, -0.2) is 22.1 Å². The van der Waals surface area contributed by atoms with Crippen molar-refractivity contribution in [3.05, 3.63) is 81.6 Å². The maximum absolute atomic E-state index is 15.4. The van der Waals surface area contributed by atoms with Gasteiger partial charge in [-0.2, -0.15) is 5.26 Å². The molecule has 0 saturated carbocycles. The van der Waals surface area contributed by atoms with E-state index in [0.717, 1.165) is 46.4 Å². The summed E-state index contributed by atoms with van der Waals surface area (Å²) in [5.74, 6) is -1.13. The highest BCUT2D eigenvalue weighted by Gasteiger charge is 2.42. The minimum Gasteiger partial charge on any atom is -0.454 e. The Bertz CT molecular complexity index is 1380. The average molecular weight is 474 g/mol. The second-order valence-electron chi connectivity index (χ2n) is 9.44. The van der Waals surface area contributed by atoms with Crippen molar-refractivity contribution < 1.29 is 18.3 Å². The number of aryl methyl sites for hydroxylation is 1. The van der Waals surface area contributed by atoms with Crippen molar-refractivity contribution in [2.45, 2.75) is 64.1 Å². The van der Waals surface area contributed by atoms with Crippen LogP contribution in [0.1, 0.15) is 83.7 Å². The highest BCUT2D eigenvalue weighted by atomic mass is 19.1. The quantitative estimate of drug-likeness (QED) is 0.437. The van der Waals surface area contributed by atoms with Crippen molar-refractivity contribution in [2.75, 3.05) is 0 Å². The van der Waals surface area contributed by atoms with Gasteiger partial charge in [-0.25, -0.2) is 8.78 Å². The molecule has 5 nitrogen and oxygen atoms in total. The van der Waals surface area contributed by atoms with Crippen LogP contribution < -0.4 is 0 Å². The molecule has 0 N–H and O–H groups in total. The van der Waals surface area contributed by atoms with E-state index in [0.29, 0.717) is 16.8 Å². The van der Waals surface area contributed by atoms with Crippen LogP contribution in [0.15, 0.2) is 36.7 Å². The zero-order chi connectivity index (χ0) is 24.9. The molecular weight excluding hydrogens is 448 g/mol. The highest BCUT2D eigenvalue weighted by Crippen LogP contribution is 2.50. The zero-order valence-electron chi connectivity index (χ0n) is 19.8. The number of rotatable bonds is 3. The Labute approximate surface area is 202 Å². The number of nitriles is 1. The summed E-state index contributed by atoms with van der Waals surface area (Å²) in [5, 5.41) is 9.81. The summed E-state index contributed by atoms with van der Waals surface area (Å²) in [4.78, 5) is 21.0. The van der Waals surface area contributed by atoms with Gasteiger partial charge < -0.3 is 4.74 Å². The highest BCUT2D eigenvalue weighted by molar-refractivity contribution is 5.72. The molecular formula is C28H25F2N3O2. The van der Waals surface area contributed by atoms with E-state index in [2.05, 4.69) is 11.1 Å². The van der Waals surface area contributed by atoms with Crippen LogP contribution in [0.2, 0.25) is 0 Å². The van der Waals surface area contributed by atoms with Crippen molar-refractivity contribution in [2.24, 2.45) is 0 Å². The van der Waals surface area contributed by atoms with Crippen molar-refractivity contribution in [1.82, 2.24) is 9.97 Å². The van der Waals surface area contributed by atoms with Crippen LogP contribution in [0, 0.1) is 24.1 Å². The predicted octanol–water partition coefficient (Wildman–Crippen LogP) is 5.99. The molecule has 178 valence electrons. The lowest BCUT2D eigenvalue weighted by Gasteiger charge is -2.32. The van der Waals surface area contributed by atoms with Gasteiger partial charge in [0.15, 0.2) is 6.10 Å². The Morgan fingerprint density at radius 2 is 2.00 bits per heavy atom. The second-order valence-corrected chi connectivity index (χ2v) is 9.44. The summed E-state index contributed by atoms with van der Waals surface area (Å²) in [7, 11) is 0. The fourth-order valence-electron chi connectivity index (χ4n) is 5.71.